The Morgan fingerprint density at radius 2 is 2.32 bits per heavy atom. The third kappa shape index (κ3) is 2.51. The van der Waals surface area contributed by atoms with Gasteiger partial charge in [-0.15, -0.1) is 0 Å². The standard InChI is InChI=1S/C15H22N4/c1-12-14(19-9-4-3-7-15(19)17-12)11-18-8-5-6-13(10-18)16-2/h3-4,7,9,13,16H,5-6,8,10-11H2,1-2H3. The number of hydrogen-bond acceptors (Lipinski definition) is 3. The van der Waals surface area contributed by atoms with E-state index in [1.807, 2.05) is 6.07 Å². The summed E-state index contributed by atoms with van der Waals surface area (Å²) in [6, 6.07) is 6.82. The summed E-state index contributed by atoms with van der Waals surface area (Å²) in [4.78, 5) is 7.17. The number of aryl methyl sites for hydroxylation is 1. The molecule has 1 N–H and O–H groups in total. The van der Waals surface area contributed by atoms with Crippen LogP contribution < -0.4 is 5.32 Å². The van der Waals surface area contributed by atoms with Crippen molar-refractivity contribution in [2.24, 2.45) is 0 Å². The van der Waals surface area contributed by atoms with E-state index in [9.17, 15) is 0 Å². The number of fused-ring (bicyclic) bond motifs is 1. The van der Waals surface area contributed by atoms with Gasteiger partial charge in [0.25, 0.3) is 0 Å². The lowest BCUT2D eigenvalue weighted by Crippen LogP contribution is -2.44. The number of nitrogens with one attached hydrogen (secondary N) is 1. The van der Waals surface area contributed by atoms with E-state index in [1.165, 1.54) is 25.1 Å². The van der Waals surface area contributed by atoms with Crippen molar-refractivity contribution in [1.29, 1.82) is 0 Å². The first-order chi connectivity index (χ1) is 9.28. The van der Waals surface area contributed by atoms with Crippen molar-refractivity contribution in [3.8, 4) is 0 Å². The number of imidazole rings is 1. The highest BCUT2D eigenvalue weighted by molar-refractivity contribution is 5.42. The second kappa shape index (κ2) is 5.31. The van der Waals surface area contributed by atoms with Crippen molar-refractivity contribution in [3.63, 3.8) is 0 Å². The average Bonchev–Trinajstić information content (AvgIpc) is 2.76. The maximum Gasteiger partial charge on any atom is 0.137 e. The summed E-state index contributed by atoms with van der Waals surface area (Å²) in [5, 5.41) is 3.40. The second-order valence-corrected chi connectivity index (χ2v) is 5.44. The van der Waals surface area contributed by atoms with Crippen LogP contribution in [-0.2, 0) is 6.54 Å². The average molecular weight is 258 g/mol. The smallest absolute Gasteiger partial charge is 0.137 e. The van der Waals surface area contributed by atoms with Gasteiger partial charge in [-0.05, 0) is 45.5 Å². The molecule has 1 unspecified atom stereocenters. The van der Waals surface area contributed by atoms with E-state index < -0.39 is 0 Å². The number of pyridine rings is 1. The zero-order valence-corrected chi connectivity index (χ0v) is 11.8. The lowest BCUT2D eigenvalue weighted by Gasteiger charge is -2.32. The molecule has 3 rings (SSSR count). The second-order valence-electron chi connectivity index (χ2n) is 5.44. The predicted octanol–water partition coefficient (Wildman–Crippen LogP) is 1.83. The maximum atomic E-state index is 4.64. The summed E-state index contributed by atoms with van der Waals surface area (Å²) < 4.78 is 2.22. The van der Waals surface area contributed by atoms with Crippen LogP contribution in [0.2, 0.25) is 0 Å². The first kappa shape index (κ1) is 12.6. The van der Waals surface area contributed by atoms with Gasteiger partial charge in [0.05, 0.1) is 11.4 Å². The third-order valence-corrected chi connectivity index (χ3v) is 4.12. The Morgan fingerprint density at radius 3 is 3.16 bits per heavy atom. The summed E-state index contributed by atoms with van der Waals surface area (Å²) >= 11 is 0. The van der Waals surface area contributed by atoms with Gasteiger partial charge in [-0.3, -0.25) is 4.90 Å². The number of likely N-dealkylation sites (tertiary alicyclic amines) is 1. The molecule has 2 aromatic rings. The van der Waals surface area contributed by atoms with Gasteiger partial charge in [-0.1, -0.05) is 6.07 Å². The summed E-state index contributed by atoms with van der Waals surface area (Å²) in [6.45, 7) is 5.44. The Bertz CT molecular complexity index is 560. The summed E-state index contributed by atoms with van der Waals surface area (Å²) in [7, 11) is 2.06. The molecular formula is C15H22N4. The third-order valence-electron chi connectivity index (χ3n) is 4.12. The highest BCUT2D eigenvalue weighted by Gasteiger charge is 2.20. The van der Waals surface area contributed by atoms with Crippen molar-refractivity contribution >= 4 is 5.65 Å². The van der Waals surface area contributed by atoms with Gasteiger partial charge in [0.2, 0.25) is 0 Å². The first-order valence-electron chi connectivity index (χ1n) is 7.10. The highest BCUT2D eigenvalue weighted by atomic mass is 15.2. The minimum Gasteiger partial charge on any atom is -0.316 e. The summed E-state index contributed by atoms with van der Waals surface area (Å²) in [5.74, 6) is 0. The molecule has 1 aliphatic heterocycles. The number of hydrogen-bond donors (Lipinski definition) is 1. The summed E-state index contributed by atoms with van der Waals surface area (Å²) in [5.41, 5.74) is 3.53. The van der Waals surface area contributed by atoms with E-state index >= 15 is 0 Å². The molecule has 0 saturated carbocycles. The molecule has 1 atom stereocenters. The molecule has 1 fully saturated rings. The molecule has 4 heteroatoms. The van der Waals surface area contributed by atoms with Crippen LogP contribution in [0.25, 0.3) is 5.65 Å². The Hall–Kier alpha value is -1.39. The molecule has 1 aliphatic rings. The molecule has 2 aromatic heterocycles. The molecular weight excluding hydrogens is 236 g/mol. The molecule has 0 aliphatic carbocycles. The van der Waals surface area contributed by atoms with Crippen LogP contribution in [0.3, 0.4) is 0 Å². The minimum atomic E-state index is 0.633. The van der Waals surface area contributed by atoms with Crippen LogP contribution >= 0.6 is 0 Å². The van der Waals surface area contributed by atoms with Gasteiger partial charge in [-0.25, -0.2) is 4.98 Å². The van der Waals surface area contributed by atoms with Crippen LogP contribution in [0.15, 0.2) is 24.4 Å². The first-order valence-corrected chi connectivity index (χ1v) is 7.10. The van der Waals surface area contributed by atoms with Gasteiger partial charge in [0, 0.05) is 25.3 Å². The lowest BCUT2D eigenvalue weighted by molar-refractivity contribution is 0.185. The van der Waals surface area contributed by atoms with Crippen LogP contribution in [-0.4, -0.2) is 40.5 Å². The normalized spacial score (nSPS) is 21.1. The predicted molar refractivity (Wildman–Crippen MR) is 77.3 cm³/mol. The van der Waals surface area contributed by atoms with Crippen LogP contribution in [0.5, 0.6) is 0 Å². The van der Waals surface area contributed by atoms with Crippen molar-refractivity contribution in [3.05, 3.63) is 35.8 Å². The molecule has 0 bridgehead atoms. The number of nitrogens with zero attached hydrogens (tertiary/aromatic N) is 3. The minimum absolute atomic E-state index is 0.633. The van der Waals surface area contributed by atoms with E-state index in [4.69, 9.17) is 0 Å². The van der Waals surface area contributed by atoms with Gasteiger partial charge in [-0.2, -0.15) is 0 Å². The Kier molecular flexibility index (Phi) is 3.53. The van der Waals surface area contributed by atoms with E-state index in [0.717, 1.165) is 24.4 Å². The van der Waals surface area contributed by atoms with Crippen molar-refractivity contribution < 1.29 is 0 Å². The topological polar surface area (TPSA) is 32.6 Å². The fourth-order valence-corrected chi connectivity index (χ4v) is 3.00. The summed E-state index contributed by atoms with van der Waals surface area (Å²) in [6.07, 6.45) is 4.69. The molecule has 0 amide bonds. The van der Waals surface area contributed by atoms with E-state index in [2.05, 4.69) is 51.9 Å². The molecule has 0 radical (unpaired) electrons. The van der Waals surface area contributed by atoms with Crippen molar-refractivity contribution in [2.75, 3.05) is 20.1 Å². The number of piperidine rings is 1. The molecule has 3 heterocycles. The van der Waals surface area contributed by atoms with Crippen molar-refractivity contribution in [1.82, 2.24) is 19.6 Å². The molecule has 19 heavy (non-hydrogen) atoms. The van der Waals surface area contributed by atoms with Gasteiger partial charge in [0.1, 0.15) is 5.65 Å². The molecule has 102 valence electrons. The fourth-order valence-electron chi connectivity index (χ4n) is 3.00. The monoisotopic (exact) mass is 258 g/mol. The Balaban J connectivity index is 1.83. The van der Waals surface area contributed by atoms with Crippen LogP contribution in [0.1, 0.15) is 24.2 Å². The van der Waals surface area contributed by atoms with Crippen LogP contribution in [0, 0.1) is 6.92 Å². The van der Waals surface area contributed by atoms with E-state index in [-0.39, 0.29) is 0 Å². The molecule has 4 nitrogen and oxygen atoms in total. The quantitative estimate of drug-likeness (QED) is 0.911. The van der Waals surface area contributed by atoms with Gasteiger partial charge < -0.3 is 9.72 Å². The van der Waals surface area contributed by atoms with Gasteiger partial charge in [0.15, 0.2) is 0 Å². The lowest BCUT2D eigenvalue weighted by atomic mass is 10.1. The highest BCUT2D eigenvalue weighted by Crippen LogP contribution is 2.17. The SMILES string of the molecule is CNC1CCCN(Cc2c(C)nc3ccccn23)C1. The Morgan fingerprint density at radius 1 is 1.42 bits per heavy atom. The number of aromatic nitrogens is 2. The largest absolute Gasteiger partial charge is 0.316 e. The van der Waals surface area contributed by atoms with E-state index in [1.54, 1.807) is 0 Å². The zero-order valence-electron chi connectivity index (χ0n) is 11.8. The number of rotatable bonds is 3. The van der Waals surface area contributed by atoms with Crippen molar-refractivity contribution in [2.45, 2.75) is 32.4 Å². The molecule has 1 saturated heterocycles. The maximum absolute atomic E-state index is 4.64. The molecule has 0 aromatic carbocycles. The zero-order chi connectivity index (χ0) is 13.2. The number of likely N-dealkylation sites (N-methyl/N-ethyl adjacent to an activating group) is 1. The molecule has 0 spiro atoms. The Labute approximate surface area is 114 Å². The van der Waals surface area contributed by atoms with Gasteiger partial charge >= 0.3 is 0 Å². The van der Waals surface area contributed by atoms with E-state index in [0.29, 0.717) is 6.04 Å². The fraction of sp³-hybridized carbons (Fsp3) is 0.533. The van der Waals surface area contributed by atoms with Crippen LogP contribution in [0.4, 0.5) is 0 Å².